The molecule has 21 heavy (non-hydrogen) atoms. The van der Waals surface area contributed by atoms with E-state index in [4.69, 9.17) is 0 Å². The molecule has 3 aromatic rings. The predicted molar refractivity (Wildman–Crippen MR) is 88.4 cm³/mol. The topological polar surface area (TPSA) is 62.7 Å². The van der Waals surface area contributed by atoms with Gasteiger partial charge in [0.25, 0.3) is 0 Å². The van der Waals surface area contributed by atoms with Crippen LogP contribution in [0.15, 0.2) is 47.8 Å². The Labute approximate surface area is 127 Å². The number of hydrogen-bond donors (Lipinski definition) is 2. The quantitative estimate of drug-likeness (QED) is 0.567. The van der Waals surface area contributed by atoms with E-state index in [0.29, 0.717) is 0 Å². The largest absolute Gasteiger partial charge is 0.373 e. The van der Waals surface area contributed by atoms with Crippen LogP contribution in [0.5, 0.6) is 0 Å². The van der Waals surface area contributed by atoms with Gasteiger partial charge in [0.05, 0.1) is 5.52 Å². The fourth-order valence-corrected chi connectivity index (χ4v) is 2.44. The Bertz CT molecular complexity index is 747. The lowest BCUT2D eigenvalue weighted by Gasteiger charge is -2.10. The van der Waals surface area contributed by atoms with Crippen LogP contribution in [0.2, 0.25) is 0 Å². The molecule has 0 aliphatic carbocycles. The summed E-state index contributed by atoms with van der Waals surface area (Å²) in [5.74, 6) is 1.55. The molecule has 0 bridgehead atoms. The highest BCUT2D eigenvalue weighted by Gasteiger charge is 2.06. The molecule has 0 unspecified atom stereocenters. The fraction of sp³-hybridized carbons (Fsp3) is 0.133. The predicted octanol–water partition coefficient (Wildman–Crippen LogP) is 3.53. The van der Waals surface area contributed by atoms with Gasteiger partial charge in [-0.25, -0.2) is 9.97 Å². The summed E-state index contributed by atoms with van der Waals surface area (Å²) in [5, 5.41) is 8.19. The van der Waals surface area contributed by atoms with Crippen molar-refractivity contribution in [3.8, 4) is 0 Å². The van der Waals surface area contributed by atoms with Gasteiger partial charge in [0.1, 0.15) is 11.6 Å². The molecule has 0 atom stereocenters. The minimum absolute atomic E-state index is 0.725. The molecule has 2 heterocycles. The first kappa shape index (κ1) is 13.6. The molecule has 3 rings (SSSR count). The lowest BCUT2D eigenvalue weighted by Crippen LogP contribution is -2.01. The zero-order chi connectivity index (χ0) is 14.7. The van der Waals surface area contributed by atoms with Crippen LogP contribution in [-0.2, 0) is 0 Å². The first-order chi connectivity index (χ1) is 10.3. The monoisotopic (exact) mass is 297 g/mol. The Morgan fingerprint density at radius 2 is 1.90 bits per heavy atom. The molecule has 0 saturated heterocycles. The van der Waals surface area contributed by atoms with Crippen molar-refractivity contribution in [1.29, 1.82) is 0 Å². The summed E-state index contributed by atoms with van der Waals surface area (Å²) in [6.07, 6.45) is 3.75. The Morgan fingerprint density at radius 3 is 2.71 bits per heavy atom. The Hall–Kier alpha value is -2.34. The highest BCUT2D eigenvalue weighted by molar-refractivity contribution is 7.98. The average Bonchev–Trinajstić information content (AvgIpc) is 2.55. The summed E-state index contributed by atoms with van der Waals surface area (Å²) < 4.78 is 0. The maximum atomic E-state index is 4.48. The van der Waals surface area contributed by atoms with Crippen LogP contribution in [0.4, 0.5) is 17.3 Å². The first-order valence-corrected chi connectivity index (χ1v) is 7.74. The number of hydrogen-bond acceptors (Lipinski definition) is 6. The standard InChI is InChI=1S/C15H15N5S/c1-16-13-9-14(20-15(19-13)21-2)18-12-7-3-6-11-10(12)5-4-8-17-11/h3-9H,1-2H3,(H2,16,18,19,20). The third-order valence-electron chi connectivity index (χ3n) is 3.05. The van der Waals surface area contributed by atoms with Crippen molar-refractivity contribution in [2.75, 3.05) is 23.9 Å². The summed E-state index contributed by atoms with van der Waals surface area (Å²) in [4.78, 5) is 13.2. The van der Waals surface area contributed by atoms with E-state index in [-0.39, 0.29) is 0 Å². The molecular weight excluding hydrogens is 282 g/mol. The zero-order valence-corrected chi connectivity index (χ0v) is 12.6. The van der Waals surface area contributed by atoms with Gasteiger partial charge >= 0.3 is 0 Å². The molecule has 6 heteroatoms. The normalized spacial score (nSPS) is 10.6. The molecule has 5 nitrogen and oxygen atoms in total. The summed E-state index contributed by atoms with van der Waals surface area (Å²) >= 11 is 1.51. The van der Waals surface area contributed by atoms with Crippen LogP contribution >= 0.6 is 11.8 Å². The Morgan fingerprint density at radius 1 is 1.05 bits per heavy atom. The second-order valence-corrected chi connectivity index (χ2v) is 5.15. The minimum atomic E-state index is 0.725. The number of nitrogens with zero attached hydrogens (tertiary/aromatic N) is 3. The number of rotatable bonds is 4. The molecule has 0 radical (unpaired) electrons. The number of thioether (sulfide) groups is 1. The molecule has 106 valence electrons. The fourth-order valence-electron chi connectivity index (χ4n) is 2.06. The summed E-state index contributed by atoms with van der Waals surface area (Å²) in [5.41, 5.74) is 1.93. The van der Waals surface area contributed by atoms with Crippen molar-refractivity contribution in [2.24, 2.45) is 0 Å². The van der Waals surface area contributed by atoms with E-state index >= 15 is 0 Å². The van der Waals surface area contributed by atoms with Crippen LogP contribution in [0.25, 0.3) is 10.9 Å². The Balaban J connectivity index is 2.02. The second-order valence-electron chi connectivity index (χ2n) is 4.38. The molecule has 1 aromatic carbocycles. The van der Waals surface area contributed by atoms with Crippen LogP contribution in [-0.4, -0.2) is 28.3 Å². The van der Waals surface area contributed by atoms with Gasteiger partial charge in [-0.15, -0.1) is 0 Å². The van der Waals surface area contributed by atoms with Crippen molar-refractivity contribution >= 4 is 40.0 Å². The molecule has 0 fully saturated rings. The van der Waals surface area contributed by atoms with Gasteiger partial charge < -0.3 is 10.6 Å². The van der Waals surface area contributed by atoms with Gasteiger partial charge in [-0.1, -0.05) is 17.8 Å². The van der Waals surface area contributed by atoms with E-state index in [0.717, 1.165) is 33.4 Å². The number of fused-ring (bicyclic) bond motifs is 1. The molecular formula is C15H15N5S. The lowest BCUT2D eigenvalue weighted by atomic mass is 10.2. The number of anilines is 3. The van der Waals surface area contributed by atoms with Crippen LogP contribution in [0, 0.1) is 0 Å². The van der Waals surface area contributed by atoms with Gasteiger partial charge in [0, 0.05) is 30.4 Å². The van der Waals surface area contributed by atoms with Crippen molar-refractivity contribution < 1.29 is 0 Å². The number of pyridine rings is 1. The van der Waals surface area contributed by atoms with Gasteiger partial charge in [-0.3, -0.25) is 4.98 Å². The van der Waals surface area contributed by atoms with E-state index in [1.54, 1.807) is 6.20 Å². The van der Waals surface area contributed by atoms with Crippen molar-refractivity contribution in [3.63, 3.8) is 0 Å². The molecule has 2 aromatic heterocycles. The maximum Gasteiger partial charge on any atom is 0.191 e. The van der Waals surface area contributed by atoms with E-state index in [1.807, 2.05) is 49.7 Å². The first-order valence-electron chi connectivity index (χ1n) is 6.52. The molecule has 0 aliphatic rings. The van der Waals surface area contributed by atoms with Gasteiger partial charge in [-0.05, 0) is 30.5 Å². The van der Waals surface area contributed by atoms with Crippen molar-refractivity contribution in [3.05, 3.63) is 42.6 Å². The molecule has 0 saturated carbocycles. The second kappa shape index (κ2) is 5.97. The van der Waals surface area contributed by atoms with Gasteiger partial charge in [-0.2, -0.15) is 0 Å². The molecule has 0 spiro atoms. The molecule has 0 aliphatic heterocycles. The van der Waals surface area contributed by atoms with Crippen molar-refractivity contribution in [2.45, 2.75) is 5.16 Å². The summed E-state index contributed by atoms with van der Waals surface area (Å²) in [6, 6.07) is 11.8. The van der Waals surface area contributed by atoms with E-state index in [9.17, 15) is 0 Å². The highest BCUT2D eigenvalue weighted by atomic mass is 32.2. The SMILES string of the molecule is CNc1cc(Nc2cccc3ncccc23)nc(SC)n1. The van der Waals surface area contributed by atoms with Crippen LogP contribution in [0.1, 0.15) is 0 Å². The summed E-state index contributed by atoms with van der Waals surface area (Å²) in [7, 11) is 1.85. The minimum Gasteiger partial charge on any atom is -0.373 e. The maximum absolute atomic E-state index is 4.48. The summed E-state index contributed by atoms with van der Waals surface area (Å²) in [6.45, 7) is 0. The number of nitrogens with one attached hydrogen (secondary N) is 2. The average molecular weight is 297 g/mol. The van der Waals surface area contributed by atoms with Crippen LogP contribution in [0.3, 0.4) is 0 Å². The number of aromatic nitrogens is 3. The van der Waals surface area contributed by atoms with Gasteiger partial charge in [0.2, 0.25) is 0 Å². The molecule has 0 amide bonds. The van der Waals surface area contributed by atoms with Crippen LogP contribution < -0.4 is 10.6 Å². The Kier molecular flexibility index (Phi) is 3.87. The lowest BCUT2D eigenvalue weighted by molar-refractivity contribution is 0.978. The third-order valence-corrected chi connectivity index (χ3v) is 3.60. The third kappa shape index (κ3) is 2.90. The van der Waals surface area contributed by atoms with E-state index < -0.39 is 0 Å². The smallest absolute Gasteiger partial charge is 0.191 e. The van der Waals surface area contributed by atoms with Crippen molar-refractivity contribution in [1.82, 2.24) is 15.0 Å². The van der Waals surface area contributed by atoms with E-state index in [1.165, 1.54) is 11.8 Å². The number of benzene rings is 1. The van der Waals surface area contributed by atoms with Gasteiger partial charge in [0.15, 0.2) is 5.16 Å². The van der Waals surface area contributed by atoms with E-state index in [2.05, 4.69) is 25.6 Å². The zero-order valence-electron chi connectivity index (χ0n) is 11.8. The highest BCUT2D eigenvalue weighted by Crippen LogP contribution is 2.26. The molecule has 2 N–H and O–H groups in total.